The van der Waals surface area contributed by atoms with E-state index in [2.05, 4.69) is 38.8 Å². The number of β-amino-alcohol motifs (C(OH)–C–C–N with tert-alkyl or cyclic N) is 1. The maximum absolute atomic E-state index is 9.41. The number of rotatable bonds is 4. The van der Waals surface area contributed by atoms with Gasteiger partial charge < -0.3 is 14.4 Å². The number of aromatic nitrogens is 1. The van der Waals surface area contributed by atoms with Crippen molar-refractivity contribution in [2.45, 2.75) is 52.0 Å². The van der Waals surface area contributed by atoms with Crippen molar-refractivity contribution < 1.29 is 9.53 Å². The van der Waals surface area contributed by atoms with Gasteiger partial charge in [0.1, 0.15) is 0 Å². The Morgan fingerprint density at radius 3 is 2.53 bits per heavy atom. The highest BCUT2D eigenvalue weighted by molar-refractivity contribution is 7.15. The molecule has 1 saturated heterocycles. The minimum Gasteiger partial charge on any atom is -0.415 e. The van der Waals surface area contributed by atoms with E-state index in [9.17, 15) is 5.11 Å². The summed E-state index contributed by atoms with van der Waals surface area (Å²) in [5.74, 6) is 0. The molecule has 19 heavy (non-hydrogen) atoms. The minimum atomic E-state index is -1.01. The summed E-state index contributed by atoms with van der Waals surface area (Å²) in [6, 6.07) is 0. The fourth-order valence-electron chi connectivity index (χ4n) is 2.01. The van der Waals surface area contributed by atoms with Crippen molar-refractivity contribution in [1.82, 2.24) is 4.98 Å². The first kappa shape index (κ1) is 15.0. The molecule has 1 fully saturated rings. The van der Waals surface area contributed by atoms with Crippen molar-refractivity contribution in [3.05, 3.63) is 10.6 Å². The average Bonchev–Trinajstić information content (AvgIpc) is 2.65. The van der Waals surface area contributed by atoms with Crippen molar-refractivity contribution in [1.29, 1.82) is 0 Å². The lowest BCUT2D eigenvalue weighted by Gasteiger charge is -2.35. The van der Waals surface area contributed by atoms with Crippen LogP contribution in [0.25, 0.3) is 0 Å². The Bertz CT molecular complexity index is 436. The molecule has 0 amide bonds. The van der Waals surface area contributed by atoms with E-state index in [1.807, 2.05) is 0 Å². The molecule has 0 unspecified atom stereocenters. The highest BCUT2D eigenvalue weighted by atomic mass is 32.1. The molecule has 1 aliphatic heterocycles. The molecule has 0 bridgehead atoms. The Labute approximate surface area is 121 Å². The lowest BCUT2D eigenvalue weighted by Crippen LogP contribution is -2.50. The summed E-state index contributed by atoms with van der Waals surface area (Å²) in [5, 5.41) is 10.4. The van der Waals surface area contributed by atoms with Crippen molar-refractivity contribution >= 4 is 25.5 Å². The van der Waals surface area contributed by atoms with Gasteiger partial charge in [-0.05, 0) is 13.1 Å². The first-order valence-corrected chi connectivity index (χ1v) is 10.4. The van der Waals surface area contributed by atoms with Crippen LogP contribution in [0.15, 0.2) is 0 Å². The maximum atomic E-state index is 9.41. The lowest BCUT2D eigenvalue weighted by atomic mass is 9.91. The van der Waals surface area contributed by atoms with Gasteiger partial charge in [0.25, 0.3) is 0 Å². The molecule has 1 aromatic heterocycles. The quantitative estimate of drug-likeness (QED) is 0.865. The topological polar surface area (TPSA) is 45.6 Å². The summed E-state index contributed by atoms with van der Waals surface area (Å²) >= 11 is 1.72. The van der Waals surface area contributed by atoms with Crippen LogP contribution in [-0.4, -0.2) is 38.3 Å². The molecule has 0 saturated carbocycles. The van der Waals surface area contributed by atoms with Gasteiger partial charge in [-0.3, -0.25) is 0 Å². The highest BCUT2D eigenvalue weighted by Gasteiger charge is 2.30. The van der Waals surface area contributed by atoms with Crippen LogP contribution in [0, 0.1) is 0 Å². The molecule has 2 rings (SSSR count). The van der Waals surface area contributed by atoms with Crippen LogP contribution < -0.4 is 4.90 Å². The van der Waals surface area contributed by atoms with Crippen LogP contribution >= 0.6 is 11.3 Å². The van der Waals surface area contributed by atoms with Crippen LogP contribution in [0.2, 0.25) is 13.1 Å². The molecule has 1 N–H and O–H groups in total. The number of nitrogens with zero attached hydrogens (tertiary/aromatic N) is 2. The van der Waals surface area contributed by atoms with Gasteiger partial charge in [-0.1, -0.05) is 32.1 Å². The first-order valence-electron chi connectivity index (χ1n) is 6.82. The molecule has 0 atom stereocenters. The summed E-state index contributed by atoms with van der Waals surface area (Å²) in [6.45, 7) is 13.0. The summed E-state index contributed by atoms with van der Waals surface area (Å²) in [4.78, 5) is 8.17. The predicted octanol–water partition coefficient (Wildman–Crippen LogP) is 2.12. The SMILES string of the molecule is C[SiH](C)OCc1sc(N2CC(O)C2)nc1C(C)(C)C. The number of aliphatic hydroxyl groups excluding tert-OH is 1. The van der Waals surface area contributed by atoms with Gasteiger partial charge >= 0.3 is 0 Å². The molecule has 0 radical (unpaired) electrons. The van der Waals surface area contributed by atoms with Crippen molar-refractivity contribution in [2.75, 3.05) is 18.0 Å². The second-order valence-electron chi connectivity index (χ2n) is 6.44. The highest BCUT2D eigenvalue weighted by Crippen LogP contribution is 2.35. The number of anilines is 1. The van der Waals surface area contributed by atoms with Crippen molar-refractivity contribution in [3.8, 4) is 0 Å². The Morgan fingerprint density at radius 2 is 2.05 bits per heavy atom. The molecule has 2 heterocycles. The largest absolute Gasteiger partial charge is 0.415 e. The van der Waals surface area contributed by atoms with E-state index in [4.69, 9.17) is 9.41 Å². The second kappa shape index (κ2) is 5.52. The monoisotopic (exact) mass is 300 g/mol. The third-order valence-electron chi connectivity index (χ3n) is 3.08. The summed E-state index contributed by atoms with van der Waals surface area (Å²) in [5.41, 5.74) is 1.18. The van der Waals surface area contributed by atoms with E-state index >= 15 is 0 Å². The molecule has 6 heteroatoms. The van der Waals surface area contributed by atoms with Crippen LogP contribution in [-0.2, 0) is 16.4 Å². The minimum absolute atomic E-state index is 0.0372. The standard InChI is InChI=1S/C13H24N2O2SSi/c1-13(2,3)11-10(8-17-19(4)5)18-12(14-11)15-6-9(16)7-15/h9,16,19H,6-8H2,1-5H3. The number of hydrogen-bond donors (Lipinski definition) is 1. The molecule has 4 nitrogen and oxygen atoms in total. The molecular formula is C13H24N2O2SSi. The third-order valence-corrected chi connectivity index (χ3v) is 5.00. The van der Waals surface area contributed by atoms with Crippen molar-refractivity contribution in [2.24, 2.45) is 0 Å². The van der Waals surface area contributed by atoms with Crippen LogP contribution in [0.5, 0.6) is 0 Å². The number of thiazole rings is 1. The van der Waals surface area contributed by atoms with Crippen LogP contribution in [0.4, 0.5) is 5.13 Å². The summed E-state index contributed by atoms with van der Waals surface area (Å²) < 4.78 is 5.87. The zero-order chi connectivity index (χ0) is 14.2. The van der Waals surface area contributed by atoms with Crippen molar-refractivity contribution in [3.63, 3.8) is 0 Å². The molecule has 0 aliphatic carbocycles. The Hall–Kier alpha value is -0.433. The zero-order valence-corrected chi connectivity index (χ0v) is 14.4. The average molecular weight is 301 g/mol. The molecular weight excluding hydrogens is 276 g/mol. The van der Waals surface area contributed by atoms with Gasteiger partial charge in [-0.25, -0.2) is 4.98 Å². The van der Waals surface area contributed by atoms with E-state index in [1.54, 1.807) is 11.3 Å². The second-order valence-corrected chi connectivity index (χ2v) is 9.93. The number of hydrogen-bond acceptors (Lipinski definition) is 5. The van der Waals surface area contributed by atoms with E-state index in [0.29, 0.717) is 19.7 Å². The third kappa shape index (κ3) is 3.56. The first-order chi connectivity index (χ1) is 8.77. The lowest BCUT2D eigenvalue weighted by molar-refractivity contribution is 0.142. The van der Waals surface area contributed by atoms with Gasteiger partial charge in [-0.15, -0.1) is 0 Å². The Kier molecular flexibility index (Phi) is 4.34. The van der Waals surface area contributed by atoms with Gasteiger partial charge in [0.15, 0.2) is 14.2 Å². The normalized spacial score (nSPS) is 17.1. The fourth-order valence-corrected chi connectivity index (χ4v) is 3.84. The van der Waals surface area contributed by atoms with E-state index in [0.717, 1.165) is 10.8 Å². The molecule has 1 aliphatic rings. The summed E-state index contributed by atoms with van der Waals surface area (Å²) in [6.07, 6.45) is -0.190. The van der Waals surface area contributed by atoms with Gasteiger partial charge in [0.2, 0.25) is 0 Å². The Morgan fingerprint density at radius 1 is 1.42 bits per heavy atom. The van der Waals surface area contributed by atoms with Crippen LogP contribution in [0.1, 0.15) is 31.3 Å². The van der Waals surface area contributed by atoms with Gasteiger partial charge in [-0.2, -0.15) is 0 Å². The van der Waals surface area contributed by atoms with E-state index in [-0.39, 0.29) is 11.5 Å². The maximum Gasteiger partial charge on any atom is 0.186 e. The van der Waals surface area contributed by atoms with Gasteiger partial charge in [0, 0.05) is 18.5 Å². The fraction of sp³-hybridized carbons (Fsp3) is 0.769. The molecule has 0 spiro atoms. The Balaban J connectivity index is 2.19. The van der Waals surface area contributed by atoms with E-state index in [1.165, 1.54) is 4.88 Å². The molecule has 1 aromatic rings. The molecule has 0 aromatic carbocycles. The van der Waals surface area contributed by atoms with E-state index < -0.39 is 9.04 Å². The van der Waals surface area contributed by atoms with Crippen LogP contribution in [0.3, 0.4) is 0 Å². The predicted molar refractivity (Wildman–Crippen MR) is 82.7 cm³/mol. The zero-order valence-electron chi connectivity index (χ0n) is 12.4. The molecule has 108 valence electrons. The summed E-state index contributed by atoms with van der Waals surface area (Å²) in [7, 11) is -1.01. The smallest absolute Gasteiger partial charge is 0.186 e. The number of aliphatic hydroxyl groups is 1. The van der Waals surface area contributed by atoms with Gasteiger partial charge in [0.05, 0.1) is 23.3 Å².